The van der Waals surface area contributed by atoms with Gasteiger partial charge in [-0.2, -0.15) is 0 Å². The lowest BCUT2D eigenvalue weighted by Crippen LogP contribution is -2.50. The average molecular weight is 1030 g/mol. The Bertz CT molecular complexity index is 1050. The second-order valence-electron chi connectivity index (χ2n) is 23.7. The van der Waals surface area contributed by atoms with Gasteiger partial charge in [0.1, 0.15) is 6.10 Å². The molecule has 0 saturated heterocycles. The maximum absolute atomic E-state index is 12.6. The van der Waals surface area contributed by atoms with Crippen molar-refractivity contribution in [2.45, 2.75) is 411 Å². The molecule has 0 aliphatic heterocycles. The molecular formula is C68H135NO4. The minimum absolute atomic E-state index is 0.144. The topological polar surface area (TPSA) is 89.8 Å². The van der Waals surface area contributed by atoms with E-state index >= 15 is 0 Å². The van der Waals surface area contributed by atoms with Crippen molar-refractivity contribution >= 4 is 5.91 Å². The first kappa shape index (κ1) is 72.1. The zero-order valence-electron chi connectivity index (χ0n) is 50.1. The third-order valence-electron chi connectivity index (χ3n) is 16.4. The molecule has 3 atom stereocenters. The lowest BCUT2D eigenvalue weighted by Gasteiger charge is -2.26. The minimum atomic E-state index is -1.16. The van der Waals surface area contributed by atoms with E-state index in [1.165, 1.54) is 327 Å². The number of aliphatic hydroxyl groups excluding tert-OH is 3. The summed E-state index contributed by atoms with van der Waals surface area (Å²) in [4.78, 5) is 12.6. The summed E-state index contributed by atoms with van der Waals surface area (Å²) < 4.78 is 0. The molecule has 73 heavy (non-hydrogen) atoms. The van der Waals surface area contributed by atoms with Gasteiger partial charge in [-0.1, -0.05) is 360 Å². The van der Waals surface area contributed by atoms with E-state index in [4.69, 9.17) is 0 Å². The molecule has 0 rings (SSSR count). The van der Waals surface area contributed by atoms with E-state index in [9.17, 15) is 20.1 Å². The first-order valence-corrected chi connectivity index (χ1v) is 34.0. The Hall–Kier alpha value is -0.910. The van der Waals surface area contributed by atoms with Gasteiger partial charge in [-0.05, 0) is 38.5 Å². The molecule has 0 aromatic rings. The molecule has 0 radical (unpaired) electrons. The first-order chi connectivity index (χ1) is 36.1. The molecule has 0 heterocycles. The molecule has 0 aromatic heterocycles. The molecule has 4 N–H and O–H groups in total. The summed E-state index contributed by atoms with van der Waals surface area (Å²) in [7, 11) is 0. The third-order valence-corrected chi connectivity index (χ3v) is 16.4. The summed E-state index contributed by atoms with van der Waals surface area (Å²) in [5.41, 5.74) is 0. The van der Waals surface area contributed by atoms with Crippen molar-refractivity contribution in [1.82, 2.24) is 5.32 Å². The summed E-state index contributed by atoms with van der Waals surface area (Å²) in [6.45, 7) is 4.23. The highest BCUT2D eigenvalue weighted by atomic mass is 16.3. The predicted molar refractivity (Wildman–Crippen MR) is 324 cm³/mol. The van der Waals surface area contributed by atoms with Gasteiger partial charge in [0.25, 0.3) is 0 Å². The number of hydrogen-bond acceptors (Lipinski definition) is 4. The Labute approximate surface area is 459 Å². The molecule has 0 fully saturated rings. The first-order valence-electron chi connectivity index (χ1n) is 34.0. The van der Waals surface area contributed by atoms with Crippen molar-refractivity contribution in [3.05, 3.63) is 12.2 Å². The molecular weight excluding hydrogens is 895 g/mol. The van der Waals surface area contributed by atoms with Gasteiger partial charge >= 0.3 is 0 Å². The SMILES string of the molecule is CCCCCCCCCCCCCCCCCCCCC/C=C/CCCC(O)C(O)C(CO)NC(=O)CCCCCCCCCCCCCCCCCCCCCCCCCCCCCCCCCCCCC. The number of amides is 1. The van der Waals surface area contributed by atoms with Gasteiger partial charge in [0.2, 0.25) is 5.91 Å². The maximum Gasteiger partial charge on any atom is 0.220 e. The van der Waals surface area contributed by atoms with Crippen LogP contribution in [0.15, 0.2) is 12.2 Å². The zero-order valence-corrected chi connectivity index (χ0v) is 50.1. The lowest BCUT2D eigenvalue weighted by molar-refractivity contribution is -0.124. The van der Waals surface area contributed by atoms with Crippen LogP contribution >= 0.6 is 0 Å². The van der Waals surface area contributed by atoms with Crippen molar-refractivity contribution in [3.63, 3.8) is 0 Å². The summed E-state index contributed by atoms with van der Waals surface area (Å²) in [6.07, 6.45) is 81.5. The summed E-state index contributed by atoms with van der Waals surface area (Å²) in [6, 6.07) is -0.824. The lowest BCUT2D eigenvalue weighted by atomic mass is 10.0. The van der Waals surface area contributed by atoms with Crippen molar-refractivity contribution in [2.24, 2.45) is 0 Å². The van der Waals surface area contributed by atoms with Gasteiger partial charge in [0, 0.05) is 6.42 Å². The molecule has 436 valence electrons. The van der Waals surface area contributed by atoms with E-state index in [1.807, 2.05) is 0 Å². The molecule has 5 nitrogen and oxygen atoms in total. The fourth-order valence-corrected chi connectivity index (χ4v) is 11.2. The van der Waals surface area contributed by atoms with Crippen LogP contribution in [0, 0.1) is 0 Å². The van der Waals surface area contributed by atoms with Crippen LogP contribution in [0.2, 0.25) is 0 Å². The fraction of sp³-hybridized carbons (Fsp3) is 0.956. The number of carbonyl (C=O) groups is 1. The van der Waals surface area contributed by atoms with Gasteiger partial charge in [0.05, 0.1) is 18.8 Å². The second kappa shape index (κ2) is 63.6. The van der Waals surface area contributed by atoms with E-state index in [1.54, 1.807) is 0 Å². The van der Waals surface area contributed by atoms with E-state index in [2.05, 4.69) is 31.3 Å². The number of carbonyl (C=O) groups excluding carboxylic acids is 1. The monoisotopic (exact) mass is 1030 g/mol. The van der Waals surface area contributed by atoms with Crippen LogP contribution in [-0.4, -0.2) is 46.1 Å². The molecule has 5 heteroatoms. The molecule has 0 spiro atoms. The molecule has 0 bridgehead atoms. The van der Waals surface area contributed by atoms with Crippen LogP contribution in [-0.2, 0) is 4.79 Å². The van der Waals surface area contributed by atoms with Gasteiger partial charge in [-0.3, -0.25) is 4.79 Å². The third kappa shape index (κ3) is 58.6. The molecule has 0 aliphatic carbocycles. The number of aliphatic hydroxyl groups is 3. The maximum atomic E-state index is 12.6. The summed E-state index contributed by atoms with van der Waals surface area (Å²) in [5.74, 6) is -0.144. The number of hydrogen-bond donors (Lipinski definition) is 4. The smallest absolute Gasteiger partial charge is 0.220 e. The largest absolute Gasteiger partial charge is 0.394 e. The summed E-state index contributed by atoms with van der Waals surface area (Å²) >= 11 is 0. The molecule has 1 amide bonds. The number of rotatable bonds is 64. The van der Waals surface area contributed by atoms with Crippen molar-refractivity contribution in [1.29, 1.82) is 0 Å². The highest BCUT2D eigenvalue weighted by Gasteiger charge is 2.26. The van der Waals surface area contributed by atoms with Crippen molar-refractivity contribution in [3.8, 4) is 0 Å². The van der Waals surface area contributed by atoms with E-state index in [-0.39, 0.29) is 12.5 Å². The Balaban J connectivity index is 3.45. The van der Waals surface area contributed by atoms with Gasteiger partial charge in [-0.15, -0.1) is 0 Å². The quantitative estimate of drug-likeness (QED) is 0.0361. The van der Waals surface area contributed by atoms with Gasteiger partial charge in [0.15, 0.2) is 0 Å². The second-order valence-corrected chi connectivity index (χ2v) is 23.7. The molecule has 3 unspecified atom stereocenters. The van der Waals surface area contributed by atoms with Crippen molar-refractivity contribution in [2.75, 3.05) is 6.61 Å². The van der Waals surface area contributed by atoms with E-state index in [0.717, 1.165) is 38.5 Å². The predicted octanol–water partition coefficient (Wildman–Crippen LogP) is 21.8. The molecule has 0 saturated carbocycles. The normalized spacial score (nSPS) is 13.1. The number of unbranched alkanes of at least 4 members (excludes halogenated alkanes) is 54. The van der Waals surface area contributed by atoms with Crippen LogP contribution < -0.4 is 5.32 Å². The number of allylic oxidation sites excluding steroid dienone is 2. The van der Waals surface area contributed by atoms with Crippen LogP contribution in [0.25, 0.3) is 0 Å². The van der Waals surface area contributed by atoms with Crippen LogP contribution in [0.4, 0.5) is 0 Å². The minimum Gasteiger partial charge on any atom is -0.394 e. The standard InChI is InChI=1S/C68H135NO4/c1-3-5-7-9-11-13-15-17-19-21-23-25-27-29-30-31-32-33-34-35-36-37-38-39-41-43-45-47-49-51-53-55-57-59-61-63-67(72)69-65(64-70)68(73)66(71)62-60-58-56-54-52-50-48-46-44-42-40-28-26-24-22-20-18-16-14-12-10-8-6-4-2/h54,56,65-66,68,70-71,73H,3-53,55,57-64H2,1-2H3,(H,69,72)/b56-54+. The number of nitrogens with one attached hydrogen (secondary N) is 1. The van der Waals surface area contributed by atoms with Crippen LogP contribution in [0.3, 0.4) is 0 Å². The highest BCUT2D eigenvalue weighted by molar-refractivity contribution is 5.76. The highest BCUT2D eigenvalue weighted by Crippen LogP contribution is 2.19. The van der Waals surface area contributed by atoms with Gasteiger partial charge in [-0.25, -0.2) is 0 Å². The van der Waals surface area contributed by atoms with Gasteiger partial charge < -0.3 is 20.6 Å². The summed E-state index contributed by atoms with van der Waals surface area (Å²) in [5, 5.41) is 33.9. The molecule has 0 aliphatic rings. The van der Waals surface area contributed by atoms with Crippen molar-refractivity contribution < 1.29 is 20.1 Å². The average Bonchev–Trinajstić information content (AvgIpc) is 3.40. The fourth-order valence-electron chi connectivity index (χ4n) is 11.2. The Kier molecular flexibility index (Phi) is 62.8. The Morgan fingerprint density at radius 3 is 0.795 bits per heavy atom. The Morgan fingerprint density at radius 2 is 0.548 bits per heavy atom. The van der Waals surface area contributed by atoms with E-state index in [0.29, 0.717) is 12.8 Å². The Morgan fingerprint density at radius 1 is 0.329 bits per heavy atom. The van der Waals surface area contributed by atoms with Crippen LogP contribution in [0.5, 0.6) is 0 Å². The van der Waals surface area contributed by atoms with Crippen LogP contribution in [0.1, 0.15) is 393 Å². The van der Waals surface area contributed by atoms with E-state index < -0.39 is 18.2 Å². The zero-order chi connectivity index (χ0) is 52.9. The molecule has 0 aromatic carbocycles.